The first kappa shape index (κ1) is 16.1. The molecule has 4 rings (SSSR count). The predicted molar refractivity (Wildman–Crippen MR) is 95.0 cm³/mol. The van der Waals surface area contributed by atoms with Crippen LogP contribution in [0.15, 0.2) is 24.4 Å². The average molecular weight is 360 g/mol. The van der Waals surface area contributed by atoms with E-state index in [-0.39, 0.29) is 0 Å². The first-order valence-electron chi connectivity index (χ1n) is 7.99. The molecular weight excluding hydrogens is 342 g/mol. The summed E-state index contributed by atoms with van der Waals surface area (Å²) in [5.41, 5.74) is 1.82. The van der Waals surface area contributed by atoms with Crippen molar-refractivity contribution >= 4 is 28.5 Å². The SMILES string of the molecule is COCc1nc(N2CCOc3ccc(Cl)cc3C2)c2cnn(C)c2n1. The van der Waals surface area contributed by atoms with Crippen molar-refractivity contribution in [3.8, 4) is 5.75 Å². The number of ether oxygens (including phenoxy) is 2. The van der Waals surface area contributed by atoms with Gasteiger partial charge in [-0.15, -0.1) is 0 Å². The zero-order chi connectivity index (χ0) is 17.4. The number of anilines is 1. The van der Waals surface area contributed by atoms with Gasteiger partial charge in [-0.3, -0.25) is 4.68 Å². The van der Waals surface area contributed by atoms with Gasteiger partial charge in [0.15, 0.2) is 11.5 Å². The molecule has 7 nitrogen and oxygen atoms in total. The van der Waals surface area contributed by atoms with Gasteiger partial charge in [-0.25, -0.2) is 9.97 Å². The zero-order valence-corrected chi connectivity index (χ0v) is 14.8. The van der Waals surface area contributed by atoms with Crippen molar-refractivity contribution in [3.05, 3.63) is 40.8 Å². The molecule has 1 aliphatic rings. The largest absolute Gasteiger partial charge is 0.491 e. The van der Waals surface area contributed by atoms with Gasteiger partial charge in [-0.1, -0.05) is 11.6 Å². The molecule has 0 aliphatic carbocycles. The summed E-state index contributed by atoms with van der Waals surface area (Å²) < 4.78 is 12.8. The van der Waals surface area contributed by atoms with E-state index >= 15 is 0 Å². The lowest BCUT2D eigenvalue weighted by Crippen LogP contribution is -2.27. The lowest BCUT2D eigenvalue weighted by Gasteiger charge is -2.22. The van der Waals surface area contributed by atoms with Crippen molar-refractivity contribution < 1.29 is 9.47 Å². The van der Waals surface area contributed by atoms with Crippen LogP contribution in [-0.2, 0) is 24.9 Å². The van der Waals surface area contributed by atoms with Gasteiger partial charge in [0.1, 0.15) is 24.8 Å². The summed E-state index contributed by atoms with van der Waals surface area (Å²) in [5.74, 6) is 2.33. The Hall–Kier alpha value is -2.38. The summed E-state index contributed by atoms with van der Waals surface area (Å²) in [5, 5.41) is 5.93. The van der Waals surface area contributed by atoms with Crippen molar-refractivity contribution in [2.45, 2.75) is 13.2 Å². The quantitative estimate of drug-likeness (QED) is 0.716. The van der Waals surface area contributed by atoms with Gasteiger partial charge in [-0.2, -0.15) is 5.10 Å². The van der Waals surface area contributed by atoms with E-state index in [0.717, 1.165) is 28.2 Å². The molecule has 3 aromatic rings. The highest BCUT2D eigenvalue weighted by Crippen LogP contribution is 2.31. The number of hydrogen-bond acceptors (Lipinski definition) is 6. The maximum Gasteiger partial charge on any atom is 0.163 e. The molecule has 0 atom stereocenters. The smallest absolute Gasteiger partial charge is 0.163 e. The van der Waals surface area contributed by atoms with Crippen LogP contribution in [0.1, 0.15) is 11.4 Å². The Morgan fingerprint density at radius 2 is 2.20 bits per heavy atom. The molecule has 0 radical (unpaired) electrons. The molecular formula is C17H18ClN5O2. The van der Waals surface area contributed by atoms with E-state index in [4.69, 9.17) is 26.1 Å². The highest BCUT2D eigenvalue weighted by Gasteiger charge is 2.21. The first-order chi connectivity index (χ1) is 12.2. The summed E-state index contributed by atoms with van der Waals surface area (Å²) in [6.45, 7) is 2.28. The van der Waals surface area contributed by atoms with E-state index in [2.05, 4.69) is 15.0 Å². The number of aromatic nitrogens is 4. The van der Waals surface area contributed by atoms with Gasteiger partial charge in [0.25, 0.3) is 0 Å². The third-order valence-corrected chi connectivity index (χ3v) is 4.43. The van der Waals surface area contributed by atoms with Gasteiger partial charge in [0.2, 0.25) is 0 Å². The van der Waals surface area contributed by atoms with E-state index in [1.54, 1.807) is 18.0 Å². The molecule has 1 aromatic carbocycles. The van der Waals surface area contributed by atoms with Gasteiger partial charge in [0.05, 0.1) is 18.1 Å². The van der Waals surface area contributed by atoms with E-state index in [9.17, 15) is 0 Å². The lowest BCUT2D eigenvalue weighted by atomic mass is 10.2. The Morgan fingerprint density at radius 3 is 3.04 bits per heavy atom. The summed E-state index contributed by atoms with van der Waals surface area (Å²) in [7, 11) is 3.50. The molecule has 0 N–H and O–H groups in total. The van der Waals surface area contributed by atoms with E-state index in [1.807, 2.05) is 25.2 Å². The molecule has 0 saturated heterocycles. The molecule has 0 unspecified atom stereocenters. The highest BCUT2D eigenvalue weighted by molar-refractivity contribution is 6.30. The minimum Gasteiger partial charge on any atom is -0.491 e. The number of methoxy groups -OCH3 is 1. The minimum absolute atomic E-state index is 0.348. The zero-order valence-electron chi connectivity index (χ0n) is 14.1. The second-order valence-electron chi connectivity index (χ2n) is 5.92. The Labute approximate surface area is 150 Å². The van der Waals surface area contributed by atoms with Crippen LogP contribution < -0.4 is 9.64 Å². The molecule has 0 amide bonds. The predicted octanol–water partition coefficient (Wildman–Crippen LogP) is 2.56. The molecule has 0 fully saturated rings. The Kier molecular flexibility index (Phi) is 4.19. The van der Waals surface area contributed by atoms with Gasteiger partial charge < -0.3 is 14.4 Å². The normalized spacial score (nSPS) is 14.3. The Bertz CT molecular complexity index is 927. The fourth-order valence-corrected chi connectivity index (χ4v) is 3.22. The number of benzene rings is 1. The standard InChI is InChI=1S/C17H18ClN5O2/c1-22-16-13(8-19-22)17(21-15(20-16)10-24-2)23-5-6-25-14-4-3-12(18)7-11(14)9-23/h3-4,7-8H,5-6,9-10H2,1-2H3. The van der Waals surface area contributed by atoms with Crippen LogP contribution in [-0.4, -0.2) is 40.0 Å². The lowest BCUT2D eigenvalue weighted by molar-refractivity contribution is 0.178. The van der Waals surface area contributed by atoms with Crippen molar-refractivity contribution in [1.29, 1.82) is 0 Å². The van der Waals surface area contributed by atoms with Crippen LogP contribution in [0.4, 0.5) is 5.82 Å². The second-order valence-corrected chi connectivity index (χ2v) is 6.36. The minimum atomic E-state index is 0.348. The fraction of sp³-hybridized carbons (Fsp3) is 0.353. The van der Waals surface area contributed by atoms with Crippen LogP contribution in [0.3, 0.4) is 0 Å². The number of aryl methyl sites for hydroxylation is 1. The van der Waals surface area contributed by atoms with Crippen LogP contribution in [0.2, 0.25) is 5.02 Å². The Morgan fingerprint density at radius 1 is 1.32 bits per heavy atom. The second kappa shape index (κ2) is 6.50. The van der Waals surface area contributed by atoms with Crippen molar-refractivity contribution in [3.63, 3.8) is 0 Å². The number of hydrogen-bond donors (Lipinski definition) is 0. The average Bonchev–Trinajstić information content (AvgIpc) is 2.84. The van der Waals surface area contributed by atoms with Crippen LogP contribution in [0.5, 0.6) is 5.75 Å². The van der Waals surface area contributed by atoms with Gasteiger partial charge in [0, 0.05) is 31.3 Å². The van der Waals surface area contributed by atoms with E-state index in [1.165, 1.54) is 0 Å². The maximum atomic E-state index is 6.16. The molecule has 0 bridgehead atoms. The van der Waals surface area contributed by atoms with Crippen molar-refractivity contribution in [2.24, 2.45) is 7.05 Å². The van der Waals surface area contributed by atoms with E-state index in [0.29, 0.717) is 37.2 Å². The molecule has 25 heavy (non-hydrogen) atoms. The highest BCUT2D eigenvalue weighted by atomic mass is 35.5. The number of halogens is 1. The third-order valence-electron chi connectivity index (χ3n) is 4.19. The molecule has 0 saturated carbocycles. The van der Waals surface area contributed by atoms with E-state index < -0.39 is 0 Å². The first-order valence-corrected chi connectivity index (χ1v) is 8.37. The molecule has 0 spiro atoms. The van der Waals surface area contributed by atoms with Crippen molar-refractivity contribution in [2.75, 3.05) is 25.2 Å². The number of fused-ring (bicyclic) bond motifs is 2. The molecule has 8 heteroatoms. The van der Waals surface area contributed by atoms with Crippen LogP contribution in [0, 0.1) is 0 Å². The summed E-state index contributed by atoms with van der Waals surface area (Å²) in [6, 6.07) is 5.70. The molecule has 2 aromatic heterocycles. The molecule has 3 heterocycles. The van der Waals surface area contributed by atoms with Crippen LogP contribution in [0.25, 0.3) is 11.0 Å². The monoisotopic (exact) mass is 359 g/mol. The third kappa shape index (κ3) is 3.01. The Balaban J connectivity index is 1.80. The fourth-order valence-electron chi connectivity index (χ4n) is 3.03. The van der Waals surface area contributed by atoms with Crippen LogP contribution >= 0.6 is 11.6 Å². The summed E-state index contributed by atoms with van der Waals surface area (Å²) >= 11 is 6.16. The summed E-state index contributed by atoms with van der Waals surface area (Å²) in [4.78, 5) is 11.4. The van der Waals surface area contributed by atoms with Gasteiger partial charge >= 0.3 is 0 Å². The summed E-state index contributed by atoms with van der Waals surface area (Å²) in [6.07, 6.45) is 1.80. The number of nitrogens with zero attached hydrogens (tertiary/aromatic N) is 5. The molecule has 130 valence electrons. The number of rotatable bonds is 3. The topological polar surface area (TPSA) is 65.3 Å². The molecule has 1 aliphatic heterocycles. The van der Waals surface area contributed by atoms with Crippen molar-refractivity contribution in [1.82, 2.24) is 19.7 Å². The maximum absolute atomic E-state index is 6.16. The van der Waals surface area contributed by atoms with Gasteiger partial charge in [-0.05, 0) is 18.2 Å².